The molecule has 0 saturated carbocycles. The molecule has 2 N–H and O–H groups in total. The summed E-state index contributed by atoms with van der Waals surface area (Å²) in [6.07, 6.45) is 14.3. The summed E-state index contributed by atoms with van der Waals surface area (Å²) in [5.74, 6) is 0. The monoisotopic (exact) mass is 546 g/mol. The van der Waals surface area contributed by atoms with E-state index in [2.05, 4.69) is 34.9 Å². The van der Waals surface area contributed by atoms with E-state index in [4.69, 9.17) is 33.2 Å². The van der Waals surface area contributed by atoms with E-state index in [9.17, 15) is 0 Å². The molecule has 198 valence electrons. The first-order valence-corrected chi connectivity index (χ1v) is 15.1. The normalized spacial score (nSPS) is 16.2. The van der Waals surface area contributed by atoms with Crippen LogP contribution < -0.4 is 10.6 Å². The Hall–Kier alpha value is -2.56. The average molecular weight is 548 g/mol. The van der Waals surface area contributed by atoms with E-state index in [1.165, 1.54) is 85.3 Å². The summed E-state index contributed by atoms with van der Waals surface area (Å²) in [5.41, 5.74) is 9.76. The molecule has 2 aromatic carbocycles. The molecule has 6 heteroatoms. The van der Waals surface area contributed by atoms with Crippen LogP contribution >= 0.6 is 23.2 Å². The molecular formula is C32H36Cl2N4. The van der Waals surface area contributed by atoms with Crippen LogP contribution in [0.15, 0.2) is 36.4 Å². The predicted octanol–water partition coefficient (Wildman–Crippen LogP) is 8.93. The van der Waals surface area contributed by atoms with Crippen molar-refractivity contribution in [2.24, 2.45) is 0 Å². The number of anilines is 2. The van der Waals surface area contributed by atoms with Crippen molar-refractivity contribution in [3.63, 3.8) is 0 Å². The van der Waals surface area contributed by atoms with E-state index in [1.54, 1.807) is 0 Å². The first kappa shape index (κ1) is 25.7. The van der Waals surface area contributed by atoms with Crippen molar-refractivity contribution in [2.75, 3.05) is 23.7 Å². The maximum atomic E-state index is 6.45. The van der Waals surface area contributed by atoms with Gasteiger partial charge < -0.3 is 10.6 Å². The van der Waals surface area contributed by atoms with Gasteiger partial charge >= 0.3 is 0 Å². The van der Waals surface area contributed by atoms with E-state index in [-0.39, 0.29) is 0 Å². The molecule has 0 fully saturated rings. The van der Waals surface area contributed by atoms with Gasteiger partial charge in [-0.2, -0.15) is 0 Å². The number of aryl methyl sites for hydroxylation is 2. The van der Waals surface area contributed by atoms with Crippen molar-refractivity contribution in [3.05, 3.63) is 69.0 Å². The Morgan fingerprint density at radius 2 is 0.974 bits per heavy atom. The highest BCUT2D eigenvalue weighted by molar-refractivity contribution is 6.31. The highest BCUT2D eigenvalue weighted by atomic mass is 35.5. The highest BCUT2D eigenvalue weighted by Crippen LogP contribution is 2.35. The SMILES string of the molecule is Clc1ccc2nc3c(c(NCCNc4c5c(nc6ccc(Cl)cc46)CCCCCC5)c2c1)CCCCCC3. The lowest BCUT2D eigenvalue weighted by atomic mass is 9.94. The molecule has 2 aliphatic rings. The summed E-state index contributed by atoms with van der Waals surface area (Å²) in [5, 5.41) is 11.4. The Balaban J connectivity index is 1.30. The second kappa shape index (κ2) is 11.7. The van der Waals surface area contributed by atoms with Gasteiger partial charge in [0.2, 0.25) is 0 Å². The summed E-state index contributed by atoms with van der Waals surface area (Å²) in [4.78, 5) is 10.1. The summed E-state index contributed by atoms with van der Waals surface area (Å²) >= 11 is 12.9. The second-order valence-electron chi connectivity index (χ2n) is 10.8. The van der Waals surface area contributed by atoms with Gasteiger partial charge in [-0.25, -0.2) is 0 Å². The Labute approximate surface area is 235 Å². The molecule has 0 amide bonds. The van der Waals surface area contributed by atoms with Gasteiger partial charge in [0, 0.05) is 56.7 Å². The van der Waals surface area contributed by atoms with Crippen molar-refractivity contribution >= 4 is 56.4 Å². The fourth-order valence-electron chi connectivity index (χ4n) is 6.28. The summed E-state index contributed by atoms with van der Waals surface area (Å²) in [7, 11) is 0. The number of aromatic nitrogens is 2. The molecule has 0 spiro atoms. The third kappa shape index (κ3) is 5.44. The van der Waals surface area contributed by atoms with Gasteiger partial charge in [0.1, 0.15) is 0 Å². The van der Waals surface area contributed by atoms with Crippen LogP contribution in [0.2, 0.25) is 10.0 Å². The number of nitrogens with one attached hydrogen (secondary N) is 2. The summed E-state index contributed by atoms with van der Waals surface area (Å²) in [6, 6.07) is 12.2. The molecule has 38 heavy (non-hydrogen) atoms. The van der Waals surface area contributed by atoms with Crippen molar-refractivity contribution in [1.82, 2.24) is 9.97 Å². The van der Waals surface area contributed by atoms with Gasteiger partial charge in [-0.15, -0.1) is 0 Å². The molecule has 0 aliphatic heterocycles. The quantitative estimate of drug-likeness (QED) is 0.245. The molecule has 2 aromatic heterocycles. The molecule has 0 radical (unpaired) electrons. The van der Waals surface area contributed by atoms with E-state index in [0.29, 0.717) is 0 Å². The molecule has 2 aliphatic carbocycles. The van der Waals surface area contributed by atoms with E-state index in [1.807, 2.05) is 12.1 Å². The van der Waals surface area contributed by atoms with Crippen molar-refractivity contribution < 1.29 is 0 Å². The molecule has 4 aromatic rings. The molecular weight excluding hydrogens is 511 g/mol. The molecule has 4 nitrogen and oxygen atoms in total. The molecule has 0 atom stereocenters. The first-order valence-electron chi connectivity index (χ1n) is 14.4. The Morgan fingerprint density at radius 3 is 1.42 bits per heavy atom. The average Bonchev–Trinajstić information content (AvgIpc) is 2.88. The molecule has 0 bridgehead atoms. The lowest BCUT2D eigenvalue weighted by Gasteiger charge is -2.22. The predicted molar refractivity (Wildman–Crippen MR) is 162 cm³/mol. The number of rotatable bonds is 5. The topological polar surface area (TPSA) is 49.8 Å². The fourth-order valence-corrected chi connectivity index (χ4v) is 6.62. The lowest BCUT2D eigenvalue weighted by Crippen LogP contribution is -2.18. The third-order valence-electron chi connectivity index (χ3n) is 8.18. The van der Waals surface area contributed by atoms with Crippen LogP contribution in [-0.4, -0.2) is 23.1 Å². The smallest absolute Gasteiger partial charge is 0.0727 e. The number of fused-ring (bicyclic) bond motifs is 4. The second-order valence-corrected chi connectivity index (χ2v) is 11.7. The summed E-state index contributed by atoms with van der Waals surface area (Å²) in [6.45, 7) is 1.61. The van der Waals surface area contributed by atoms with E-state index >= 15 is 0 Å². The van der Waals surface area contributed by atoms with Crippen molar-refractivity contribution in [1.29, 1.82) is 0 Å². The van der Waals surface area contributed by atoms with Gasteiger partial charge in [-0.3, -0.25) is 9.97 Å². The van der Waals surface area contributed by atoms with Gasteiger partial charge in [0.15, 0.2) is 0 Å². The maximum Gasteiger partial charge on any atom is 0.0727 e. The zero-order chi connectivity index (χ0) is 25.9. The minimum atomic E-state index is 0.755. The minimum Gasteiger partial charge on any atom is -0.382 e. The van der Waals surface area contributed by atoms with E-state index < -0.39 is 0 Å². The van der Waals surface area contributed by atoms with Gasteiger partial charge in [-0.05, 0) is 98.9 Å². The molecule has 0 unspecified atom stereocenters. The molecule has 2 heterocycles. The van der Waals surface area contributed by atoms with Crippen LogP contribution in [0.25, 0.3) is 21.8 Å². The Bertz CT molecular complexity index is 1350. The fraction of sp³-hybridized carbons (Fsp3) is 0.438. The number of nitrogens with zero attached hydrogens (tertiary/aromatic N) is 2. The number of halogens is 2. The van der Waals surface area contributed by atoms with Crippen LogP contribution in [0.4, 0.5) is 11.4 Å². The van der Waals surface area contributed by atoms with Crippen LogP contribution in [0.1, 0.15) is 73.9 Å². The van der Waals surface area contributed by atoms with E-state index in [0.717, 1.165) is 70.6 Å². The molecule has 6 rings (SSSR count). The largest absolute Gasteiger partial charge is 0.382 e. The number of hydrogen-bond acceptors (Lipinski definition) is 4. The standard InChI is InChI=1S/C32H36Cl2N4/c33-21-13-15-29-25(19-21)31(23-9-5-1-3-7-11-27(23)37-29)35-17-18-36-32-24-10-6-2-4-8-12-28(24)38-30-16-14-22(34)20-26(30)32/h13-16,19-20H,1-12,17-18H2,(H,35,37)(H,36,38). The highest BCUT2D eigenvalue weighted by Gasteiger charge is 2.19. The van der Waals surface area contributed by atoms with Gasteiger partial charge in [-0.1, -0.05) is 48.9 Å². The lowest BCUT2D eigenvalue weighted by molar-refractivity contribution is 0.610. The Kier molecular flexibility index (Phi) is 7.90. The van der Waals surface area contributed by atoms with Crippen LogP contribution in [0.3, 0.4) is 0 Å². The molecule has 0 saturated heterocycles. The zero-order valence-electron chi connectivity index (χ0n) is 22.0. The number of hydrogen-bond donors (Lipinski definition) is 2. The van der Waals surface area contributed by atoms with Crippen molar-refractivity contribution in [2.45, 2.75) is 77.0 Å². The zero-order valence-corrected chi connectivity index (χ0v) is 23.5. The third-order valence-corrected chi connectivity index (χ3v) is 8.65. The van der Waals surface area contributed by atoms with Crippen LogP contribution in [0, 0.1) is 0 Å². The Morgan fingerprint density at radius 1 is 0.553 bits per heavy atom. The van der Waals surface area contributed by atoms with Crippen LogP contribution in [-0.2, 0) is 25.7 Å². The first-order chi connectivity index (χ1) is 18.7. The van der Waals surface area contributed by atoms with Crippen LogP contribution in [0.5, 0.6) is 0 Å². The van der Waals surface area contributed by atoms with Gasteiger partial charge in [0.25, 0.3) is 0 Å². The number of benzene rings is 2. The summed E-state index contributed by atoms with van der Waals surface area (Å²) < 4.78 is 0. The van der Waals surface area contributed by atoms with Crippen molar-refractivity contribution in [3.8, 4) is 0 Å². The number of pyridine rings is 2. The maximum absolute atomic E-state index is 6.45. The van der Waals surface area contributed by atoms with Gasteiger partial charge in [0.05, 0.1) is 11.0 Å². The minimum absolute atomic E-state index is 0.755.